The number of oxazole rings is 1. The van der Waals surface area contributed by atoms with E-state index >= 15 is 0 Å². The smallest absolute Gasteiger partial charge is 0.207 e. The molecule has 4 nitrogen and oxygen atoms in total. The molecule has 0 saturated carbocycles. The summed E-state index contributed by atoms with van der Waals surface area (Å²) in [5.74, 6) is 2.10. The Morgan fingerprint density at radius 1 is 1.13 bits per heavy atom. The number of benzene rings is 1. The SMILES string of the molecule is Cc1nc(C[S@@](=O)Cc2csc(Cc3ccccc3)n2)oc1C. The van der Waals surface area contributed by atoms with Gasteiger partial charge >= 0.3 is 0 Å². The van der Waals surface area contributed by atoms with Crippen molar-refractivity contribution in [1.82, 2.24) is 9.97 Å². The first-order chi connectivity index (χ1) is 11.1. The minimum Gasteiger partial charge on any atom is -0.445 e. The standard InChI is InChI=1S/C17H18N2O2S2/c1-12-13(2)21-16(18-12)11-23(20)10-15-9-22-17(19-15)8-14-6-4-3-5-7-14/h3-7,9H,8,10-11H2,1-2H3/t23-/m0/s1. The second-order valence-corrected chi connectivity index (χ2v) is 7.77. The van der Waals surface area contributed by atoms with Crippen LogP contribution in [0.4, 0.5) is 0 Å². The van der Waals surface area contributed by atoms with Crippen molar-refractivity contribution in [3.05, 3.63) is 69.3 Å². The van der Waals surface area contributed by atoms with Gasteiger partial charge in [0.15, 0.2) is 0 Å². The van der Waals surface area contributed by atoms with Crippen LogP contribution in [0.3, 0.4) is 0 Å². The molecule has 23 heavy (non-hydrogen) atoms. The lowest BCUT2D eigenvalue weighted by Gasteiger charge is -1.98. The molecule has 1 aromatic carbocycles. The minimum absolute atomic E-state index is 0.334. The number of aryl methyl sites for hydroxylation is 2. The highest BCUT2D eigenvalue weighted by Gasteiger charge is 2.12. The van der Waals surface area contributed by atoms with E-state index in [9.17, 15) is 4.21 Å². The van der Waals surface area contributed by atoms with Crippen molar-refractivity contribution in [2.75, 3.05) is 0 Å². The fraction of sp³-hybridized carbons (Fsp3) is 0.294. The summed E-state index contributed by atoms with van der Waals surface area (Å²) in [5.41, 5.74) is 2.97. The van der Waals surface area contributed by atoms with Gasteiger partial charge in [0.1, 0.15) is 11.5 Å². The van der Waals surface area contributed by atoms with Crippen LogP contribution < -0.4 is 0 Å². The summed E-state index contributed by atoms with van der Waals surface area (Å²) in [7, 11) is -1.06. The predicted octanol–water partition coefficient (Wildman–Crippen LogP) is 3.79. The molecule has 0 bridgehead atoms. The van der Waals surface area contributed by atoms with Crippen molar-refractivity contribution in [1.29, 1.82) is 0 Å². The average molecular weight is 346 g/mol. The van der Waals surface area contributed by atoms with Gasteiger partial charge in [0.25, 0.3) is 0 Å². The van der Waals surface area contributed by atoms with Gasteiger partial charge in [-0.15, -0.1) is 11.3 Å². The molecule has 0 radical (unpaired) electrons. The molecule has 0 aliphatic rings. The maximum Gasteiger partial charge on any atom is 0.207 e. The maximum absolute atomic E-state index is 12.2. The van der Waals surface area contributed by atoms with Gasteiger partial charge in [-0.2, -0.15) is 0 Å². The van der Waals surface area contributed by atoms with E-state index in [1.165, 1.54) is 5.56 Å². The van der Waals surface area contributed by atoms with Crippen molar-refractivity contribution in [3.8, 4) is 0 Å². The Bertz CT molecular complexity index is 790. The molecule has 0 spiro atoms. The molecule has 0 unspecified atom stereocenters. The molecule has 2 heterocycles. The minimum atomic E-state index is -1.06. The predicted molar refractivity (Wildman–Crippen MR) is 92.9 cm³/mol. The highest BCUT2D eigenvalue weighted by molar-refractivity contribution is 7.83. The summed E-state index contributed by atoms with van der Waals surface area (Å²) in [5, 5.41) is 3.04. The molecule has 0 aliphatic carbocycles. The zero-order chi connectivity index (χ0) is 16.2. The van der Waals surface area contributed by atoms with Gasteiger partial charge in [0.2, 0.25) is 5.89 Å². The molecule has 0 aliphatic heterocycles. The molecule has 0 saturated heterocycles. The fourth-order valence-corrected chi connectivity index (χ4v) is 4.13. The molecule has 0 amide bonds. The maximum atomic E-state index is 12.2. The Labute approximate surface area is 142 Å². The van der Waals surface area contributed by atoms with E-state index in [1.807, 2.05) is 37.4 Å². The Balaban J connectivity index is 1.59. The molecule has 2 aromatic heterocycles. The molecule has 1 atom stereocenters. The van der Waals surface area contributed by atoms with Gasteiger partial charge in [-0.25, -0.2) is 9.97 Å². The third-order valence-electron chi connectivity index (χ3n) is 3.46. The Hall–Kier alpha value is -1.79. The van der Waals surface area contributed by atoms with Crippen LogP contribution in [0, 0.1) is 13.8 Å². The van der Waals surface area contributed by atoms with Gasteiger partial charge in [-0.1, -0.05) is 30.3 Å². The van der Waals surface area contributed by atoms with Crippen LogP contribution in [0.1, 0.15) is 33.6 Å². The van der Waals surface area contributed by atoms with Gasteiger partial charge in [0.05, 0.1) is 22.1 Å². The number of aromatic nitrogens is 2. The molecule has 6 heteroatoms. The van der Waals surface area contributed by atoms with Crippen LogP contribution in [0.5, 0.6) is 0 Å². The summed E-state index contributed by atoms with van der Waals surface area (Å²) >= 11 is 1.61. The molecular formula is C17H18N2O2S2. The van der Waals surface area contributed by atoms with Gasteiger partial charge < -0.3 is 4.42 Å². The fourth-order valence-electron chi connectivity index (χ4n) is 2.22. The molecule has 3 rings (SSSR count). The average Bonchev–Trinajstić information content (AvgIpc) is 3.07. The molecule has 3 aromatic rings. The highest BCUT2D eigenvalue weighted by Crippen LogP contribution is 2.17. The number of hydrogen-bond acceptors (Lipinski definition) is 5. The van der Waals surface area contributed by atoms with E-state index in [0.717, 1.165) is 28.6 Å². The molecule has 0 fully saturated rings. The zero-order valence-corrected chi connectivity index (χ0v) is 14.7. The van der Waals surface area contributed by atoms with Crippen LogP contribution in [0.2, 0.25) is 0 Å². The summed E-state index contributed by atoms with van der Waals surface area (Å²) in [6, 6.07) is 10.2. The van der Waals surface area contributed by atoms with Crippen LogP contribution in [0.15, 0.2) is 40.1 Å². The van der Waals surface area contributed by atoms with Crippen molar-refractivity contribution in [2.45, 2.75) is 31.8 Å². The topological polar surface area (TPSA) is 56.0 Å². The Morgan fingerprint density at radius 2 is 1.91 bits per heavy atom. The van der Waals surface area contributed by atoms with E-state index in [2.05, 4.69) is 22.1 Å². The summed E-state index contributed by atoms with van der Waals surface area (Å²) in [6.07, 6.45) is 0.816. The lowest BCUT2D eigenvalue weighted by Crippen LogP contribution is -2.00. The third kappa shape index (κ3) is 4.36. The lowest BCUT2D eigenvalue weighted by atomic mass is 10.2. The van der Waals surface area contributed by atoms with Crippen molar-refractivity contribution in [3.63, 3.8) is 0 Å². The monoisotopic (exact) mass is 346 g/mol. The van der Waals surface area contributed by atoms with Crippen molar-refractivity contribution < 1.29 is 8.63 Å². The van der Waals surface area contributed by atoms with E-state index < -0.39 is 10.8 Å². The van der Waals surface area contributed by atoms with Crippen LogP contribution in [-0.2, 0) is 28.7 Å². The van der Waals surface area contributed by atoms with Gasteiger partial charge in [0, 0.05) is 22.6 Å². The van der Waals surface area contributed by atoms with Crippen molar-refractivity contribution >= 4 is 22.1 Å². The van der Waals surface area contributed by atoms with E-state index in [0.29, 0.717) is 17.4 Å². The number of nitrogens with zero attached hydrogens (tertiary/aromatic N) is 2. The van der Waals surface area contributed by atoms with Crippen molar-refractivity contribution in [2.24, 2.45) is 0 Å². The number of rotatable bonds is 6. The summed E-state index contributed by atoms with van der Waals surface area (Å²) < 4.78 is 17.7. The molecule has 120 valence electrons. The van der Waals surface area contributed by atoms with Crippen LogP contribution in [-0.4, -0.2) is 14.2 Å². The van der Waals surface area contributed by atoms with Crippen LogP contribution >= 0.6 is 11.3 Å². The van der Waals surface area contributed by atoms with E-state index in [-0.39, 0.29) is 0 Å². The van der Waals surface area contributed by atoms with Crippen LogP contribution in [0.25, 0.3) is 0 Å². The van der Waals surface area contributed by atoms with Gasteiger partial charge in [-0.3, -0.25) is 4.21 Å². The highest BCUT2D eigenvalue weighted by atomic mass is 32.2. The number of hydrogen-bond donors (Lipinski definition) is 0. The zero-order valence-electron chi connectivity index (χ0n) is 13.1. The first-order valence-electron chi connectivity index (χ1n) is 7.35. The van der Waals surface area contributed by atoms with E-state index in [4.69, 9.17) is 4.42 Å². The summed E-state index contributed by atoms with van der Waals surface area (Å²) in [6.45, 7) is 3.76. The quantitative estimate of drug-likeness (QED) is 0.681. The Kier molecular flexibility index (Phi) is 5.03. The van der Waals surface area contributed by atoms with Gasteiger partial charge in [-0.05, 0) is 19.4 Å². The second kappa shape index (κ2) is 7.19. The number of thiazole rings is 1. The first-order valence-corrected chi connectivity index (χ1v) is 9.72. The van der Waals surface area contributed by atoms with E-state index in [1.54, 1.807) is 11.3 Å². The normalized spacial score (nSPS) is 12.4. The first kappa shape index (κ1) is 16.1. The Morgan fingerprint density at radius 3 is 2.61 bits per heavy atom. The summed E-state index contributed by atoms with van der Waals surface area (Å²) in [4.78, 5) is 8.86. The third-order valence-corrected chi connectivity index (χ3v) is 5.55. The molecular weight excluding hydrogens is 328 g/mol. The molecule has 0 N–H and O–H groups in total. The largest absolute Gasteiger partial charge is 0.445 e. The lowest BCUT2D eigenvalue weighted by molar-refractivity contribution is 0.487. The second-order valence-electron chi connectivity index (χ2n) is 5.37.